The molecule has 0 heterocycles. The van der Waals surface area contributed by atoms with E-state index in [2.05, 4.69) is 0 Å². The molecular formula is C9H14Cl2O2. The van der Waals surface area contributed by atoms with Gasteiger partial charge in [0.2, 0.25) is 0 Å². The van der Waals surface area contributed by atoms with Gasteiger partial charge in [0.1, 0.15) is 4.49 Å². The Labute approximate surface area is 88.5 Å². The Morgan fingerprint density at radius 1 is 1.46 bits per heavy atom. The van der Waals surface area contributed by atoms with Crippen molar-refractivity contribution in [2.24, 2.45) is 11.8 Å². The van der Waals surface area contributed by atoms with Crippen molar-refractivity contribution in [2.45, 2.75) is 26.7 Å². The van der Waals surface area contributed by atoms with Gasteiger partial charge in [-0.3, -0.25) is 4.79 Å². The summed E-state index contributed by atoms with van der Waals surface area (Å²) in [4.78, 5) is 10.7. The lowest BCUT2D eigenvalue weighted by Gasteiger charge is -2.11. The minimum Gasteiger partial charge on any atom is -0.481 e. The summed E-state index contributed by atoms with van der Waals surface area (Å²) in [5.41, 5.74) is 0. The molecule has 76 valence electrons. The summed E-state index contributed by atoms with van der Waals surface area (Å²) < 4.78 is 0.134. The number of hydrogen-bond donors (Lipinski definition) is 1. The van der Waals surface area contributed by atoms with Crippen molar-refractivity contribution < 1.29 is 9.90 Å². The Morgan fingerprint density at radius 3 is 2.31 bits per heavy atom. The smallest absolute Gasteiger partial charge is 0.306 e. The third-order valence-electron chi connectivity index (χ3n) is 1.66. The van der Waals surface area contributed by atoms with Gasteiger partial charge >= 0.3 is 5.97 Å². The first-order chi connectivity index (χ1) is 5.93. The largest absolute Gasteiger partial charge is 0.481 e. The molecular weight excluding hydrogens is 211 g/mol. The first kappa shape index (κ1) is 12.8. The summed E-state index contributed by atoms with van der Waals surface area (Å²) in [7, 11) is 0. The highest BCUT2D eigenvalue weighted by Gasteiger charge is 2.17. The van der Waals surface area contributed by atoms with Crippen LogP contribution in [0.3, 0.4) is 0 Å². The van der Waals surface area contributed by atoms with Crippen molar-refractivity contribution in [2.75, 3.05) is 0 Å². The van der Waals surface area contributed by atoms with Gasteiger partial charge in [0, 0.05) is 0 Å². The zero-order valence-electron chi connectivity index (χ0n) is 7.76. The van der Waals surface area contributed by atoms with Crippen LogP contribution in [0.4, 0.5) is 0 Å². The molecule has 0 spiro atoms. The molecule has 1 unspecified atom stereocenters. The van der Waals surface area contributed by atoms with Gasteiger partial charge in [0.05, 0.1) is 5.92 Å². The number of carboxylic acids is 1. The summed E-state index contributed by atoms with van der Waals surface area (Å²) >= 11 is 10.8. The van der Waals surface area contributed by atoms with Crippen LogP contribution in [0.25, 0.3) is 0 Å². The van der Waals surface area contributed by atoms with Crippen LogP contribution < -0.4 is 0 Å². The molecule has 2 nitrogen and oxygen atoms in total. The Morgan fingerprint density at radius 2 is 2.00 bits per heavy atom. The minimum absolute atomic E-state index is 0.134. The van der Waals surface area contributed by atoms with Crippen LogP contribution in [0.1, 0.15) is 26.7 Å². The van der Waals surface area contributed by atoms with Crippen LogP contribution >= 0.6 is 23.2 Å². The topological polar surface area (TPSA) is 37.3 Å². The second-order valence-electron chi connectivity index (χ2n) is 3.39. The highest BCUT2D eigenvalue weighted by atomic mass is 35.5. The molecule has 0 saturated heterocycles. The molecule has 0 radical (unpaired) electrons. The molecule has 0 aliphatic carbocycles. The summed E-state index contributed by atoms with van der Waals surface area (Å²) in [6.07, 6.45) is 2.58. The number of hydrogen-bond acceptors (Lipinski definition) is 1. The van der Waals surface area contributed by atoms with E-state index in [4.69, 9.17) is 28.3 Å². The monoisotopic (exact) mass is 224 g/mol. The third kappa shape index (κ3) is 6.91. The Hall–Kier alpha value is -0.210. The van der Waals surface area contributed by atoms with Crippen molar-refractivity contribution in [1.82, 2.24) is 0 Å². The highest BCUT2D eigenvalue weighted by molar-refractivity contribution is 6.55. The van der Waals surface area contributed by atoms with Crippen molar-refractivity contribution in [3.8, 4) is 0 Å². The maximum absolute atomic E-state index is 10.7. The average Bonchev–Trinajstić information content (AvgIpc) is 1.96. The minimum atomic E-state index is -0.792. The maximum atomic E-state index is 10.7. The van der Waals surface area contributed by atoms with Crippen molar-refractivity contribution in [3.63, 3.8) is 0 Å². The van der Waals surface area contributed by atoms with Gasteiger partial charge < -0.3 is 5.11 Å². The number of carboxylic acid groups (broad SMARTS) is 1. The molecule has 0 rings (SSSR count). The second kappa shape index (κ2) is 6.28. The number of aliphatic carboxylic acids is 1. The summed E-state index contributed by atoms with van der Waals surface area (Å²) in [6.45, 7) is 3.98. The summed E-state index contributed by atoms with van der Waals surface area (Å²) in [6, 6.07) is 0. The highest BCUT2D eigenvalue weighted by Crippen LogP contribution is 2.19. The van der Waals surface area contributed by atoms with Gasteiger partial charge in [0.25, 0.3) is 0 Å². The van der Waals surface area contributed by atoms with E-state index < -0.39 is 5.97 Å². The molecule has 0 aliphatic rings. The first-order valence-corrected chi connectivity index (χ1v) is 4.93. The van der Waals surface area contributed by atoms with Crippen LogP contribution in [0, 0.1) is 11.8 Å². The zero-order chi connectivity index (χ0) is 10.4. The van der Waals surface area contributed by atoms with Gasteiger partial charge in [-0.25, -0.2) is 0 Å². The lowest BCUT2D eigenvalue weighted by atomic mass is 9.94. The quantitative estimate of drug-likeness (QED) is 0.778. The Bertz CT molecular complexity index is 196. The molecule has 0 fully saturated rings. The number of rotatable bonds is 5. The van der Waals surface area contributed by atoms with E-state index in [0.29, 0.717) is 18.8 Å². The van der Waals surface area contributed by atoms with E-state index in [9.17, 15) is 4.79 Å². The van der Waals surface area contributed by atoms with E-state index in [1.807, 2.05) is 13.8 Å². The normalized spacial score (nSPS) is 12.7. The first-order valence-electron chi connectivity index (χ1n) is 4.17. The molecule has 0 amide bonds. The van der Waals surface area contributed by atoms with Gasteiger partial charge in [-0.1, -0.05) is 43.1 Å². The number of carbonyl (C=O) groups is 1. The average molecular weight is 225 g/mol. The predicted octanol–water partition coefficient (Wildman–Crippen LogP) is 3.44. The van der Waals surface area contributed by atoms with E-state index in [1.165, 1.54) is 6.08 Å². The van der Waals surface area contributed by atoms with Gasteiger partial charge in [-0.05, 0) is 18.8 Å². The fourth-order valence-corrected chi connectivity index (χ4v) is 1.28. The number of halogens is 2. The summed E-state index contributed by atoms with van der Waals surface area (Å²) in [5.74, 6) is -0.810. The Balaban J connectivity index is 4.11. The number of allylic oxidation sites excluding steroid dienone is 1. The van der Waals surface area contributed by atoms with Gasteiger partial charge in [-0.15, -0.1) is 0 Å². The SMILES string of the molecule is CC(C)CC(CC=C(Cl)Cl)C(=O)O. The third-order valence-corrected chi connectivity index (χ3v) is 1.97. The van der Waals surface area contributed by atoms with Crippen molar-refractivity contribution in [3.05, 3.63) is 10.6 Å². The van der Waals surface area contributed by atoms with Gasteiger partial charge in [-0.2, -0.15) is 0 Å². The van der Waals surface area contributed by atoms with Gasteiger partial charge in [0.15, 0.2) is 0 Å². The molecule has 0 aromatic rings. The molecule has 13 heavy (non-hydrogen) atoms. The van der Waals surface area contributed by atoms with Crippen LogP contribution in [0.15, 0.2) is 10.6 Å². The predicted molar refractivity (Wildman–Crippen MR) is 55.0 cm³/mol. The molecule has 0 aromatic carbocycles. The Kier molecular flexibility index (Phi) is 6.17. The van der Waals surface area contributed by atoms with E-state index >= 15 is 0 Å². The molecule has 0 bridgehead atoms. The molecule has 0 aromatic heterocycles. The van der Waals surface area contributed by atoms with Crippen LogP contribution in [0.2, 0.25) is 0 Å². The van der Waals surface area contributed by atoms with Crippen molar-refractivity contribution >= 4 is 29.2 Å². The van der Waals surface area contributed by atoms with E-state index in [0.717, 1.165) is 0 Å². The van der Waals surface area contributed by atoms with Crippen molar-refractivity contribution in [1.29, 1.82) is 0 Å². The second-order valence-corrected chi connectivity index (χ2v) is 4.40. The molecule has 1 atom stereocenters. The molecule has 4 heteroatoms. The standard InChI is InChI=1S/C9H14Cl2O2/c1-6(2)5-7(9(12)13)3-4-8(10)11/h4,6-7H,3,5H2,1-2H3,(H,12,13). The lowest BCUT2D eigenvalue weighted by Crippen LogP contribution is -2.15. The molecule has 1 N–H and O–H groups in total. The summed E-state index contributed by atoms with van der Waals surface area (Å²) in [5, 5.41) is 8.82. The zero-order valence-corrected chi connectivity index (χ0v) is 9.27. The van der Waals surface area contributed by atoms with Crippen LogP contribution in [-0.2, 0) is 4.79 Å². The maximum Gasteiger partial charge on any atom is 0.306 e. The fourth-order valence-electron chi connectivity index (χ4n) is 1.10. The van der Waals surface area contributed by atoms with Crippen LogP contribution in [-0.4, -0.2) is 11.1 Å². The van der Waals surface area contributed by atoms with E-state index in [1.54, 1.807) is 0 Å². The molecule has 0 aliphatic heterocycles. The van der Waals surface area contributed by atoms with E-state index in [-0.39, 0.29) is 10.4 Å². The lowest BCUT2D eigenvalue weighted by molar-refractivity contribution is -0.142. The fraction of sp³-hybridized carbons (Fsp3) is 0.667. The van der Waals surface area contributed by atoms with Crippen LogP contribution in [0.5, 0.6) is 0 Å². The molecule has 0 saturated carbocycles.